The van der Waals surface area contributed by atoms with Crippen LogP contribution in [0.4, 0.5) is 0 Å². The van der Waals surface area contributed by atoms with E-state index in [9.17, 15) is 0 Å². The van der Waals surface area contributed by atoms with Crippen molar-refractivity contribution in [3.05, 3.63) is 36.0 Å². The molecular weight excluding hydrogens is 324 g/mol. The largest absolute Gasteiger partial charge is 0.417 e. The highest BCUT2D eigenvalue weighted by Crippen LogP contribution is 2.36. The minimum Gasteiger partial charge on any atom is -0.417 e. The summed E-state index contributed by atoms with van der Waals surface area (Å²) in [7, 11) is -1.64. The number of para-hydroxylation sites is 1. The fourth-order valence-corrected chi connectivity index (χ4v) is 3.82. The van der Waals surface area contributed by atoms with Crippen molar-refractivity contribution in [2.24, 2.45) is 5.92 Å². The van der Waals surface area contributed by atoms with E-state index >= 15 is 0 Å². The molecule has 1 heterocycles. The molecule has 0 aliphatic rings. The van der Waals surface area contributed by atoms with Gasteiger partial charge in [-0.3, -0.25) is 0 Å². The van der Waals surface area contributed by atoms with Crippen LogP contribution in [0.2, 0.25) is 18.1 Å². The van der Waals surface area contributed by atoms with Gasteiger partial charge in [0.05, 0.1) is 0 Å². The van der Waals surface area contributed by atoms with Crippen molar-refractivity contribution in [3.63, 3.8) is 0 Å². The van der Waals surface area contributed by atoms with Gasteiger partial charge >= 0.3 is 0 Å². The van der Waals surface area contributed by atoms with E-state index in [4.69, 9.17) is 4.43 Å². The zero-order valence-electron chi connectivity index (χ0n) is 16.9. The average Bonchev–Trinajstić information content (AvgIpc) is 2.96. The molecule has 1 atom stereocenters. The molecule has 140 valence electrons. The Morgan fingerprint density at radius 2 is 1.92 bits per heavy atom. The molecule has 0 radical (unpaired) electrons. The van der Waals surface area contributed by atoms with Crippen molar-refractivity contribution in [2.45, 2.75) is 58.7 Å². The van der Waals surface area contributed by atoms with Crippen LogP contribution in [0.1, 0.15) is 39.7 Å². The molecule has 0 aliphatic carbocycles. The van der Waals surface area contributed by atoms with E-state index in [-0.39, 0.29) is 5.04 Å². The predicted octanol–water partition coefficient (Wildman–Crippen LogP) is 5.35. The molecule has 2 N–H and O–H groups in total. The number of H-pyrrole nitrogens is 1. The Morgan fingerprint density at radius 1 is 1.20 bits per heavy atom. The Balaban J connectivity index is 1.76. The molecule has 0 amide bonds. The van der Waals surface area contributed by atoms with Gasteiger partial charge in [-0.2, -0.15) is 0 Å². The van der Waals surface area contributed by atoms with E-state index < -0.39 is 8.32 Å². The van der Waals surface area contributed by atoms with Crippen LogP contribution in [0.25, 0.3) is 10.9 Å². The Labute approximate surface area is 154 Å². The van der Waals surface area contributed by atoms with Gasteiger partial charge in [-0.15, -0.1) is 0 Å². The number of fused-ring (bicyclic) bond motifs is 1. The maximum absolute atomic E-state index is 6.40. The SMILES string of the molecule is CC[C@@H](CNCCc1c[nH]c2ccccc12)CO[Si](C)(C)C(C)(C)C. The molecule has 0 spiro atoms. The summed E-state index contributed by atoms with van der Waals surface area (Å²) in [6.07, 6.45) is 4.36. The molecular formula is C21H36N2OSi. The molecule has 25 heavy (non-hydrogen) atoms. The topological polar surface area (TPSA) is 37.0 Å². The Hall–Kier alpha value is -1.10. The second kappa shape index (κ2) is 8.52. The van der Waals surface area contributed by atoms with Crippen LogP contribution in [0.3, 0.4) is 0 Å². The molecule has 3 nitrogen and oxygen atoms in total. The number of aromatic nitrogens is 1. The molecule has 2 rings (SSSR count). The highest BCUT2D eigenvalue weighted by atomic mass is 28.4. The predicted molar refractivity (Wildman–Crippen MR) is 112 cm³/mol. The molecule has 0 saturated heterocycles. The minimum atomic E-state index is -1.64. The van der Waals surface area contributed by atoms with Crippen LogP contribution >= 0.6 is 0 Å². The summed E-state index contributed by atoms with van der Waals surface area (Å²) in [4.78, 5) is 3.36. The van der Waals surface area contributed by atoms with Crippen LogP contribution in [-0.2, 0) is 10.8 Å². The van der Waals surface area contributed by atoms with Crippen molar-refractivity contribution in [1.29, 1.82) is 0 Å². The Kier molecular flexibility index (Phi) is 6.89. The molecule has 2 aromatic rings. The van der Waals surface area contributed by atoms with Crippen molar-refractivity contribution in [3.8, 4) is 0 Å². The number of benzene rings is 1. The zero-order chi connectivity index (χ0) is 18.5. The van der Waals surface area contributed by atoms with E-state index in [1.807, 2.05) is 0 Å². The van der Waals surface area contributed by atoms with Gasteiger partial charge in [0.1, 0.15) is 0 Å². The van der Waals surface area contributed by atoms with Crippen molar-refractivity contribution in [2.75, 3.05) is 19.7 Å². The van der Waals surface area contributed by atoms with E-state index in [2.05, 4.69) is 81.6 Å². The first-order chi connectivity index (χ1) is 11.7. The smallest absolute Gasteiger partial charge is 0.191 e. The maximum Gasteiger partial charge on any atom is 0.191 e. The fourth-order valence-electron chi connectivity index (χ4n) is 2.73. The molecule has 0 saturated carbocycles. The monoisotopic (exact) mass is 360 g/mol. The lowest BCUT2D eigenvalue weighted by molar-refractivity contribution is 0.220. The van der Waals surface area contributed by atoms with Gasteiger partial charge < -0.3 is 14.7 Å². The maximum atomic E-state index is 6.40. The number of aromatic amines is 1. The average molecular weight is 361 g/mol. The van der Waals surface area contributed by atoms with Gasteiger partial charge in [0.25, 0.3) is 0 Å². The molecule has 4 heteroatoms. The number of nitrogens with one attached hydrogen (secondary N) is 2. The van der Waals surface area contributed by atoms with E-state index in [0.717, 1.165) is 32.5 Å². The molecule has 0 bridgehead atoms. The second-order valence-electron chi connectivity index (χ2n) is 8.66. The summed E-state index contributed by atoms with van der Waals surface area (Å²) >= 11 is 0. The molecule has 0 fully saturated rings. The second-order valence-corrected chi connectivity index (χ2v) is 13.5. The first-order valence-corrected chi connectivity index (χ1v) is 12.5. The third-order valence-electron chi connectivity index (χ3n) is 5.74. The minimum absolute atomic E-state index is 0.286. The van der Waals surface area contributed by atoms with E-state index in [1.165, 1.54) is 16.5 Å². The van der Waals surface area contributed by atoms with E-state index in [1.54, 1.807) is 0 Å². The van der Waals surface area contributed by atoms with Gasteiger partial charge in [0.2, 0.25) is 0 Å². The quantitative estimate of drug-likeness (QED) is 0.467. The summed E-state index contributed by atoms with van der Waals surface area (Å²) in [5.74, 6) is 0.595. The van der Waals surface area contributed by atoms with Crippen molar-refractivity contribution >= 4 is 19.2 Å². The highest BCUT2D eigenvalue weighted by Gasteiger charge is 2.37. The van der Waals surface area contributed by atoms with Gasteiger partial charge in [0, 0.05) is 30.3 Å². The summed E-state index contributed by atoms with van der Waals surface area (Å²) in [6, 6.07) is 8.52. The number of hydrogen-bond donors (Lipinski definition) is 2. The number of hydrogen-bond acceptors (Lipinski definition) is 2. The van der Waals surface area contributed by atoms with Gasteiger partial charge in [0.15, 0.2) is 8.32 Å². The summed E-state index contributed by atoms with van der Waals surface area (Å²) in [5.41, 5.74) is 2.63. The standard InChI is InChI=1S/C21H36N2OSi/c1-7-17(16-24-25(5,6)21(2,3)4)14-22-13-12-18-15-23-20-11-9-8-10-19(18)20/h8-11,15,17,22-23H,7,12-14,16H2,1-6H3/t17-/m0/s1. The Bertz CT molecular complexity index is 657. The third kappa shape index (κ3) is 5.43. The molecule has 1 aromatic heterocycles. The van der Waals surface area contributed by atoms with Gasteiger partial charge in [-0.25, -0.2) is 0 Å². The zero-order valence-corrected chi connectivity index (χ0v) is 17.9. The first kappa shape index (κ1) is 20.2. The Morgan fingerprint density at radius 3 is 2.60 bits per heavy atom. The lowest BCUT2D eigenvalue weighted by Gasteiger charge is -2.37. The lowest BCUT2D eigenvalue weighted by atomic mass is 10.1. The summed E-state index contributed by atoms with van der Waals surface area (Å²) < 4.78 is 6.40. The van der Waals surface area contributed by atoms with Gasteiger partial charge in [-0.1, -0.05) is 45.9 Å². The normalized spacial score (nSPS) is 14.2. The van der Waals surface area contributed by atoms with Crippen LogP contribution in [0, 0.1) is 5.92 Å². The molecule has 1 aromatic carbocycles. The van der Waals surface area contributed by atoms with Crippen molar-refractivity contribution < 1.29 is 4.43 Å². The highest BCUT2D eigenvalue weighted by molar-refractivity contribution is 6.74. The molecule has 0 aliphatic heterocycles. The molecule has 0 unspecified atom stereocenters. The van der Waals surface area contributed by atoms with E-state index in [0.29, 0.717) is 5.92 Å². The summed E-state index contributed by atoms with van der Waals surface area (Å²) in [6.45, 7) is 16.8. The van der Waals surface area contributed by atoms with Crippen molar-refractivity contribution in [1.82, 2.24) is 10.3 Å². The fraction of sp³-hybridized carbons (Fsp3) is 0.619. The van der Waals surface area contributed by atoms with Crippen LogP contribution in [0.15, 0.2) is 30.5 Å². The number of rotatable bonds is 9. The van der Waals surface area contributed by atoms with Crippen LogP contribution in [0.5, 0.6) is 0 Å². The van der Waals surface area contributed by atoms with Gasteiger partial charge in [-0.05, 0) is 55.1 Å². The van der Waals surface area contributed by atoms with Crippen LogP contribution < -0.4 is 5.32 Å². The third-order valence-corrected chi connectivity index (χ3v) is 10.2. The lowest BCUT2D eigenvalue weighted by Crippen LogP contribution is -2.42. The first-order valence-electron chi connectivity index (χ1n) is 9.64. The summed E-state index contributed by atoms with van der Waals surface area (Å²) in [5, 5.41) is 5.27. The van der Waals surface area contributed by atoms with Crippen LogP contribution in [-0.4, -0.2) is 33.0 Å².